The van der Waals surface area contributed by atoms with Gasteiger partial charge in [0.25, 0.3) is 0 Å². The van der Waals surface area contributed by atoms with E-state index in [1.807, 2.05) is 49.4 Å². The summed E-state index contributed by atoms with van der Waals surface area (Å²) in [5.41, 5.74) is 1.41. The highest BCUT2D eigenvalue weighted by Crippen LogP contribution is 2.35. The molecule has 0 saturated heterocycles. The zero-order valence-electron chi connectivity index (χ0n) is 10.6. The number of hydrogen-bond donors (Lipinski definition) is 1. The van der Waals surface area contributed by atoms with Crippen molar-refractivity contribution < 1.29 is 9.90 Å². The number of fused-ring (bicyclic) bond motifs is 1. The molecule has 1 atom stereocenters. The van der Waals surface area contributed by atoms with E-state index in [9.17, 15) is 9.90 Å². The normalized spacial score (nSPS) is 21.3. The Bertz CT molecular complexity index is 685. The fourth-order valence-corrected chi connectivity index (χ4v) is 2.55. The molecule has 0 heterocycles. The molecular formula is C17H14O2. The van der Waals surface area contributed by atoms with Crippen LogP contribution in [0.25, 0.3) is 6.08 Å². The van der Waals surface area contributed by atoms with E-state index in [0.29, 0.717) is 11.1 Å². The molecule has 0 spiro atoms. The smallest absolute Gasteiger partial charge is 0.203 e. The third kappa shape index (κ3) is 1.72. The zero-order valence-corrected chi connectivity index (χ0v) is 10.6. The predicted octanol–water partition coefficient (Wildman–Crippen LogP) is 3.09. The summed E-state index contributed by atoms with van der Waals surface area (Å²) in [5.74, 6) is -0.264. The molecule has 0 amide bonds. The van der Waals surface area contributed by atoms with Crippen molar-refractivity contribution in [3.8, 4) is 0 Å². The Morgan fingerprint density at radius 1 is 1.00 bits per heavy atom. The summed E-state index contributed by atoms with van der Waals surface area (Å²) in [7, 11) is 0. The maximum atomic E-state index is 12.6. The number of carbonyl (C=O) groups is 1. The van der Waals surface area contributed by atoms with Crippen LogP contribution in [0.5, 0.6) is 0 Å². The first-order chi connectivity index (χ1) is 9.13. The van der Waals surface area contributed by atoms with Crippen LogP contribution in [0.1, 0.15) is 27.0 Å². The second-order valence-electron chi connectivity index (χ2n) is 4.83. The van der Waals surface area contributed by atoms with Crippen molar-refractivity contribution in [2.45, 2.75) is 12.5 Å². The van der Waals surface area contributed by atoms with E-state index in [0.717, 1.165) is 11.1 Å². The first-order valence-electron chi connectivity index (χ1n) is 6.24. The Morgan fingerprint density at radius 2 is 1.68 bits per heavy atom. The minimum atomic E-state index is -1.56. The Hall–Kier alpha value is -2.19. The Balaban J connectivity index is 2.19. The van der Waals surface area contributed by atoms with Gasteiger partial charge in [0.05, 0.1) is 0 Å². The molecule has 0 aliphatic heterocycles. The van der Waals surface area contributed by atoms with Gasteiger partial charge >= 0.3 is 0 Å². The summed E-state index contributed by atoms with van der Waals surface area (Å²) in [6.07, 6.45) is 3.39. The SMILES string of the molecule is Cc1ccccc1C1(O)C=Cc2ccccc2C1=O. The Kier molecular flexibility index (Phi) is 2.61. The second kappa shape index (κ2) is 4.18. The van der Waals surface area contributed by atoms with Gasteiger partial charge in [-0.15, -0.1) is 0 Å². The van der Waals surface area contributed by atoms with Gasteiger partial charge in [0.1, 0.15) is 0 Å². The number of benzene rings is 2. The quantitative estimate of drug-likeness (QED) is 0.844. The number of carbonyl (C=O) groups excluding carboxylic acids is 1. The largest absolute Gasteiger partial charge is 0.373 e. The number of aliphatic hydroxyl groups is 1. The summed E-state index contributed by atoms with van der Waals surface area (Å²) < 4.78 is 0. The molecule has 0 aromatic heterocycles. The van der Waals surface area contributed by atoms with Gasteiger partial charge in [-0.25, -0.2) is 0 Å². The lowest BCUT2D eigenvalue weighted by Gasteiger charge is -2.29. The maximum absolute atomic E-state index is 12.6. The summed E-state index contributed by atoms with van der Waals surface area (Å²) >= 11 is 0. The van der Waals surface area contributed by atoms with Gasteiger partial charge in [-0.05, 0) is 29.7 Å². The van der Waals surface area contributed by atoms with Gasteiger partial charge in [-0.1, -0.05) is 54.6 Å². The average Bonchev–Trinajstić information content (AvgIpc) is 2.44. The van der Waals surface area contributed by atoms with Crippen LogP contribution < -0.4 is 0 Å². The Labute approximate surface area is 112 Å². The standard InChI is InChI=1S/C17H14O2/c1-12-6-2-5-9-15(12)17(19)11-10-13-7-3-4-8-14(13)16(17)18/h2-11,19H,1H3. The number of Topliss-reactive ketones (excluding diaryl/α,β-unsaturated/α-hetero) is 1. The molecule has 2 aromatic rings. The first kappa shape index (κ1) is 11.9. The third-order valence-corrected chi connectivity index (χ3v) is 3.61. The van der Waals surface area contributed by atoms with Gasteiger partial charge < -0.3 is 5.11 Å². The van der Waals surface area contributed by atoms with Crippen molar-refractivity contribution >= 4 is 11.9 Å². The van der Waals surface area contributed by atoms with E-state index < -0.39 is 5.60 Å². The number of ketones is 1. The van der Waals surface area contributed by atoms with Crippen LogP contribution >= 0.6 is 0 Å². The van der Waals surface area contributed by atoms with Crippen molar-refractivity contribution in [2.24, 2.45) is 0 Å². The minimum Gasteiger partial charge on any atom is -0.373 e. The van der Waals surface area contributed by atoms with Crippen LogP contribution in [-0.2, 0) is 5.60 Å². The van der Waals surface area contributed by atoms with E-state index in [-0.39, 0.29) is 5.78 Å². The molecule has 3 rings (SSSR count). The molecule has 94 valence electrons. The topological polar surface area (TPSA) is 37.3 Å². The van der Waals surface area contributed by atoms with Gasteiger partial charge in [-0.2, -0.15) is 0 Å². The van der Waals surface area contributed by atoms with E-state index in [2.05, 4.69) is 0 Å². The maximum Gasteiger partial charge on any atom is 0.203 e. The fourth-order valence-electron chi connectivity index (χ4n) is 2.55. The molecule has 0 fully saturated rings. The van der Waals surface area contributed by atoms with Gasteiger partial charge in [-0.3, -0.25) is 4.79 Å². The summed E-state index contributed by atoms with van der Waals surface area (Å²) in [6, 6.07) is 14.8. The van der Waals surface area contributed by atoms with Gasteiger partial charge in [0, 0.05) is 5.56 Å². The van der Waals surface area contributed by atoms with E-state index in [1.54, 1.807) is 18.2 Å². The highest BCUT2D eigenvalue weighted by Gasteiger charge is 2.39. The average molecular weight is 250 g/mol. The lowest BCUT2D eigenvalue weighted by atomic mass is 9.79. The molecule has 1 aliphatic carbocycles. The zero-order chi connectivity index (χ0) is 13.5. The van der Waals surface area contributed by atoms with Crippen molar-refractivity contribution in [1.29, 1.82) is 0 Å². The number of rotatable bonds is 1. The van der Waals surface area contributed by atoms with E-state index in [1.165, 1.54) is 0 Å². The molecule has 1 N–H and O–H groups in total. The van der Waals surface area contributed by atoms with Crippen LogP contribution in [0.3, 0.4) is 0 Å². The number of hydrogen-bond acceptors (Lipinski definition) is 2. The van der Waals surface area contributed by atoms with Crippen LogP contribution in [0, 0.1) is 6.92 Å². The second-order valence-corrected chi connectivity index (χ2v) is 4.83. The number of aryl methyl sites for hydroxylation is 1. The molecule has 1 aliphatic rings. The molecule has 0 radical (unpaired) electrons. The van der Waals surface area contributed by atoms with Crippen LogP contribution in [-0.4, -0.2) is 10.9 Å². The summed E-state index contributed by atoms with van der Waals surface area (Å²) in [6.45, 7) is 1.90. The molecule has 19 heavy (non-hydrogen) atoms. The van der Waals surface area contributed by atoms with Crippen molar-refractivity contribution in [3.05, 3.63) is 76.9 Å². The minimum absolute atomic E-state index is 0.264. The van der Waals surface area contributed by atoms with E-state index in [4.69, 9.17) is 0 Å². The lowest BCUT2D eigenvalue weighted by molar-refractivity contribution is 0.0513. The van der Waals surface area contributed by atoms with Crippen molar-refractivity contribution in [1.82, 2.24) is 0 Å². The summed E-state index contributed by atoms with van der Waals surface area (Å²) in [4.78, 5) is 12.6. The lowest BCUT2D eigenvalue weighted by Crippen LogP contribution is -2.36. The third-order valence-electron chi connectivity index (χ3n) is 3.61. The highest BCUT2D eigenvalue weighted by atomic mass is 16.3. The van der Waals surface area contributed by atoms with E-state index >= 15 is 0 Å². The van der Waals surface area contributed by atoms with Crippen LogP contribution in [0.2, 0.25) is 0 Å². The van der Waals surface area contributed by atoms with Crippen molar-refractivity contribution in [2.75, 3.05) is 0 Å². The predicted molar refractivity (Wildman–Crippen MR) is 74.9 cm³/mol. The molecular weight excluding hydrogens is 236 g/mol. The molecule has 2 aromatic carbocycles. The van der Waals surface area contributed by atoms with Crippen LogP contribution in [0.15, 0.2) is 54.6 Å². The molecule has 1 unspecified atom stereocenters. The first-order valence-corrected chi connectivity index (χ1v) is 6.24. The van der Waals surface area contributed by atoms with Crippen LogP contribution in [0.4, 0.5) is 0 Å². The van der Waals surface area contributed by atoms with Crippen molar-refractivity contribution in [3.63, 3.8) is 0 Å². The summed E-state index contributed by atoms with van der Waals surface area (Å²) in [5, 5.41) is 10.8. The molecule has 2 heteroatoms. The van der Waals surface area contributed by atoms with Gasteiger partial charge in [0.2, 0.25) is 5.78 Å². The fraction of sp³-hybridized carbons (Fsp3) is 0.118. The van der Waals surface area contributed by atoms with Gasteiger partial charge in [0.15, 0.2) is 5.60 Å². The molecule has 0 bridgehead atoms. The Morgan fingerprint density at radius 3 is 2.47 bits per heavy atom. The monoisotopic (exact) mass is 250 g/mol. The highest BCUT2D eigenvalue weighted by molar-refractivity contribution is 6.09. The molecule has 0 saturated carbocycles. The molecule has 2 nitrogen and oxygen atoms in total.